The summed E-state index contributed by atoms with van der Waals surface area (Å²) in [4.78, 5) is 11.9. The molecule has 0 fully saturated rings. The highest BCUT2D eigenvalue weighted by molar-refractivity contribution is 6.35. The van der Waals surface area contributed by atoms with Crippen molar-refractivity contribution in [1.29, 1.82) is 0 Å². The molecule has 0 radical (unpaired) electrons. The molecule has 0 saturated carbocycles. The number of benzene rings is 1. The fraction of sp³-hybridized carbons (Fsp3) is 0.500. The summed E-state index contributed by atoms with van der Waals surface area (Å²) in [5.41, 5.74) is 0.945. The number of hydrogen-bond donors (Lipinski definition) is 2. The summed E-state index contributed by atoms with van der Waals surface area (Å²) in [7, 11) is 0. The van der Waals surface area contributed by atoms with Crippen molar-refractivity contribution in [1.82, 2.24) is 10.6 Å². The number of halogens is 2. The van der Waals surface area contributed by atoms with Crippen molar-refractivity contribution in [2.75, 3.05) is 19.6 Å². The summed E-state index contributed by atoms with van der Waals surface area (Å²) in [6.45, 7) is 6.27. The zero-order valence-electron chi connectivity index (χ0n) is 11.3. The van der Waals surface area contributed by atoms with Crippen LogP contribution < -0.4 is 10.6 Å². The van der Waals surface area contributed by atoms with Gasteiger partial charge in [-0.25, -0.2) is 0 Å². The molecule has 0 aliphatic carbocycles. The molecule has 0 heterocycles. The molecule has 106 valence electrons. The van der Waals surface area contributed by atoms with E-state index in [2.05, 4.69) is 10.6 Å². The number of amides is 1. The first-order chi connectivity index (χ1) is 9.04. The summed E-state index contributed by atoms with van der Waals surface area (Å²) in [5, 5.41) is 7.27. The first kappa shape index (κ1) is 16.3. The van der Waals surface area contributed by atoms with Crippen LogP contribution in [0.5, 0.6) is 0 Å². The van der Waals surface area contributed by atoms with E-state index in [9.17, 15) is 4.79 Å². The Hall–Kier alpha value is -0.770. The first-order valence-electron chi connectivity index (χ1n) is 6.47. The number of likely N-dealkylation sites (N-methyl/N-ethyl adjacent to an activating group) is 1. The second-order valence-electron chi connectivity index (χ2n) is 4.49. The van der Waals surface area contributed by atoms with Gasteiger partial charge < -0.3 is 10.6 Å². The predicted molar refractivity (Wildman–Crippen MR) is 80.9 cm³/mol. The van der Waals surface area contributed by atoms with Gasteiger partial charge >= 0.3 is 0 Å². The lowest BCUT2D eigenvalue weighted by Crippen LogP contribution is -2.35. The van der Waals surface area contributed by atoms with Crippen molar-refractivity contribution in [3.63, 3.8) is 0 Å². The number of hydrogen-bond acceptors (Lipinski definition) is 2. The normalized spacial score (nSPS) is 12.2. The van der Waals surface area contributed by atoms with Gasteiger partial charge in [0.15, 0.2) is 0 Å². The van der Waals surface area contributed by atoms with E-state index in [-0.39, 0.29) is 11.8 Å². The lowest BCUT2D eigenvalue weighted by atomic mass is 10.0. The SMILES string of the molecule is CCNCCNC(=O)C(C)Cc1ccc(Cl)cc1Cl. The molecule has 2 N–H and O–H groups in total. The summed E-state index contributed by atoms with van der Waals surface area (Å²) < 4.78 is 0. The minimum atomic E-state index is -0.111. The molecule has 0 saturated heterocycles. The molecule has 19 heavy (non-hydrogen) atoms. The quantitative estimate of drug-likeness (QED) is 0.761. The Morgan fingerprint density at radius 2 is 2.05 bits per heavy atom. The van der Waals surface area contributed by atoms with Crippen molar-refractivity contribution < 1.29 is 4.79 Å². The molecule has 1 rings (SSSR count). The molecule has 1 amide bonds. The largest absolute Gasteiger partial charge is 0.355 e. The molecule has 1 aromatic carbocycles. The number of rotatable bonds is 7. The van der Waals surface area contributed by atoms with E-state index in [4.69, 9.17) is 23.2 Å². The van der Waals surface area contributed by atoms with E-state index in [1.54, 1.807) is 12.1 Å². The fourth-order valence-corrected chi connectivity index (χ4v) is 2.22. The molecule has 0 aliphatic rings. The molecule has 1 aromatic rings. The zero-order chi connectivity index (χ0) is 14.3. The van der Waals surface area contributed by atoms with Crippen LogP contribution in [0.4, 0.5) is 0 Å². The maximum absolute atomic E-state index is 11.9. The Morgan fingerprint density at radius 3 is 2.68 bits per heavy atom. The van der Waals surface area contributed by atoms with Crippen molar-refractivity contribution in [3.05, 3.63) is 33.8 Å². The third kappa shape index (κ3) is 5.81. The van der Waals surface area contributed by atoms with Crippen molar-refractivity contribution >= 4 is 29.1 Å². The van der Waals surface area contributed by atoms with Crippen LogP contribution >= 0.6 is 23.2 Å². The van der Waals surface area contributed by atoms with Crippen LogP contribution in [0.15, 0.2) is 18.2 Å². The van der Waals surface area contributed by atoms with Gasteiger partial charge in [-0.15, -0.1) is 0 Å². The average molecular weight is 303 g/mol. The van der Waals surface area contributed by atoms with E-state index in [0.29, 0.717) is 23.0 Å². The molecule has 0 bridgehead atoms. The zero-order valence-corrected chi connectivity index (χ0v) is 12.8. The van der Waals surface area contributed by atoms with Crippen LogP contribution in [0.25, 0.3) is 0 Å². The van der Waals surface area contributed by atoms with Gasteiger partial charge in [0, 0.05) is 29.1 Å². The first-order valence-corrected chi connectivity index (χ1v) is 7.22. The van der Waals surface area contributed by atoms with Crippen LogP contribution in [0.3, 0.4) is 0 Å². The summed E-state index contributed by atoms with van der Waals surface area (Å²) in [5.74, 6) is -0.0655. The number of carbonyl (C=O) groups excluding carboxylic acids is 1. The number of carbonyl (C=O) groups is 1. The molecule has 5 heteroatoms. The monoisotopic (exact) mass is 302 g/mol. The van der Waals surface area contributed by atoms with E-state index in [1.807, 2.05) is 19.9 Å². The lowest BCUT2D eigenvalue weighted by molar-refractivity contribution is -0.124. The molecular formula is C14H20Cl2N2O. The summed E-state index contributed by atoms with van der Waals surface area (Å²) in [6, 6.07) is 5.36. The van der Waals surface area contributed by atoms with Gasteiger partial charge in [-0.3, -0.25) is 4.79 Å². The summed E-state index contributed by atoms with van der Waals surface area (Å²) in [6.07, 6.45) is 0.614. The van der Waals surface area contributed by atoms with Gasteiger partial charge in [-0.05, 0) is 30.7 Å². The van der Waals surface area contributed by atoms with Gasteiger partial charge in [0.1, 0.15) is 0 Å². The van der Waals surface area contributed by atoms with Crippen LogP contribution in [-0.4, -0.2) is 25.5 Å². The molecule has 1 atom stereocenters. The Kier molecular flexibility index (Phi) is 7.21. The highest BCUT2D eigenvalue weighted by Gasteiger charge is 2.14. The molecule has 0 aliphatic heterocycles. The van der Waals surface area contributed by atoms with Crippen molar-refractivity contribution in [3.8, 4) is 0 Å². The maximum atomic E-state index is 11.9. The molecular weight excluding hydrogens is 283 g/mol. The van der Waals surface area contributed by atoms with Crippen LogP contribution in [0, 0.1) is 5.92 Å². The fourth-order valence-electron chi connectivity index (χ4n) is 1.73. The van der Waals surface area contributed by atoms with Crippen molar-refractivity contribution in [2.24, 2.45) is 5.92 Å². The van der Waals surface area contributed by atoms with Crippen LogP contribution in [0.2, 0.25) is 10.0 Å². The minimum absolute atomic E-state index is 0.0453. The third-order valence-corrected chi connectivity index (χ3v) is 3.43. The lowest BCUT2D eigenvalue weighted by Gasteiger charge is -2.13. The van der Waals surface area contributed by atoms with Gasteiger partial charge in [-0.2, -0.15) is 0 Å². The highest BCUT2D eigenvalue weighted by Crippen LogP contribution is 2.23. The van der Waals surface area contributed by atoms with E-state index in [1.165, 1.54) is 0 Å². The Morgan fingerprint density at radius 1 is 1.32 bits per heavy atom. The van der Waals surface area contributed by atoms with Crippen LogP contribution in [-0.2, 0) is 11.2 Å². The third-order valence-electron chi connectivity index (χ3n) is 2.84. The second kappa shape index (κ2) is 8.41. The second-order valence-corrected chi connectivity index (χ2v) is 5.33. The number of nitrogens with one attached hydrogen (secondary N) is 2. The topological polar surface area (TPSA) is 41.1 Å². The smallest absolute Gasteiger partial charge is 0.223 e. The van der Waals surface area contributed by atoms with Gasteiger partial charge in [0.25, 0.3) is 0 Å². The highest BCUT2D eigenvalue weighted by atomic mass is 35.5. The molecule has 1 unspecified atom stereocenters. The van der Waals surface area contributed by atoms with Gasteiger partial charge in [0.05, 0.1) is 0 Å². The molecule has 0 spiro atoms. The van der Waals surface area contributed by atoms with E-state index >= 15 is 0 Å². The Bertz CT molecular complexity index is 424. The molecule has 0 aromatic heterocycles. The van der Waals surface area contributed by atoms with E-state index < -0.39 is 0 Å². The van der Waals surface area contributed by atoms with Crippen molar-refractivity contribution in [2.45, 2.75) is 20.3 Å². The van der Waals surface area contributed by atoms with Gasteiger partial charge in [-0.1, -0.05) is 43.1 Å². The van der Waals surface area contributed by atoms with Gasteiger partial charge in [0.2, 0.25) is 5.91 Å². The standard InChI is InChI=1S/C14H20Cl2N2O/c1-3-17-6-7-18-14(19)10(2)8-11-4-5-12(15)9-13(11)16/h4-5,9-10,17H,3,6-8H2,1-2H3,(H,18,19). The predicted octanol–water partition coefficient (Wildman–Crippen LogP) is 2.90. The molecule has 3 nitrogen and oxygen atoms in total. The average Bonchev–Trinajstić information content (AvgIpc) is 2.37. The Balaban J connectivity index is 2.45. The Labute approximate surface area is 124 Å². The maximum Gasteiger partial charge on any atom is 0.223 e. The van der Waals surface area contributed by atoms with Crippen LogP contribution in [0.1, 0.15) is 19.4 Å². The van der Waals surface area contributed by atoms with E-state index in [0.717, 1.165) is 18.7 Å². The minimum Gasteiger partial charge on any atom is -0.355 e. The summed E-state index contributed by atoms with van der Waals surface area (Å²) >= 11 is 11.9.